The topological polar surface area (TPSA) is 58.4 Å². The molecule has 21 heavy (non-hydrogen) atoms. The predicted molar refractivity (Wildman–Crippen MR) is 92.9 cm³/mol. The van der Waals surface area contributed by atoms with Crippen molar-refractivity contribution in [2.24, 2.45) is 5.73 Å². The van der Waals surface area contributed by atoms with Crippen LogP contribution in [0.3, 0.4) is 0 Å². The molecule has 0 spiro atoms. The van der Waals surface area contributed by atoms with Crippen LogP contribution in [0.5, 0.6) is 0 Å². The van der Waals surface area contributed by atoms with Gasteiger partial charge < -0.3 is 16.0 Å². The van der Waals surface area contributed by atoms with Gasteiger partial charge in [0.25, 0.3) is 5.91 Å². The predicted octanol–water partition coefficient (Wildman–Crippen LogP) is 2.58. The molecule has 1 aromatic carbocycles. The summed E-state index contributed by atoms with van der Waals surface area (Å²) >= 11 is 14.5. The molecule has 0 bridgehead atoms. The Morgan fingerprint density at radius 2 is 2.10 bits per heavy atom. The lowest BCUT2D eigenvalue weighted by molar-refractivity contribution is 0.0889. The number of likely N-dealkylation sites (tertiary alicyclic amines) is 1. The van der Waals surface area contributed by atoms with Gasteiger partial charge in [-0.25, -0.2) is 0 Å². The summed E-state index contributed by atoms with van der Waals surface area (Å²) in [6.45, 7) is 1.69. The van der Waals surface area contributed by atoms with Crippen LogP contribution in [-0.2, 0) is 0 Å². The smallest absolute Gasteiger partial charge is 0.253 e. The van der Waals surface area contributed by atoms with Crippen LogP contribution in [0.25, 0.3) is 0 Å². The third-order valence-electron chi connectivity index (χ3n) is 3.84. The van der Waals surface area contributed by atoms with Crippen molar-refractivity contribution >= 4 is 50.6 Å². The van der Waals surface area contributed by atoms with Gasteiger partial charge in [0.15, 0.2) is 0 Å². The van der Waals surface area contributed by atoms with E-state index in [9.17, 15) is 4.79 Å². The Kier molecular flexibility index (Phi) is 5.24. The standard InChI is InChI=1S/C14H17BrClN3OS/c1-19-6-4-14(5-7-19,13(17)21)18-12(20)10-3-2-9(16)8-11(10)15/h2-3,8H,4-7H2,1H3,(H2,17,21)(H,18,20). The second-order valence-electron chi connectivity index (χ2n) is 5.33. The van der Waals surface area contributed by atoms with Crippen LogP contribution in [0.2, 0.25) is 5.02 Å². The highest BCUT2D eigenvalue weighted by molar-refractivity contribution is 9.10. The van der Waals surface area contributed by atoms with Gasteiger partial charge in [-0.1, -0.05) is 23.8 Å². The molecule has 7 heteroatoms. The van der Waals surface area contributed by atoms with E-state index in [2.05, 4.69) is 26.1 Å². The normalized spacial score (nSPS) is 18.2. The molecule has 114 valence electrons. The number of halogens is 2. The Morgan fingerprint density at radius 1 is 1.48 bits per heavy atom. The minimum absolute atomic E-state index is 0.198. The summed E-state index contributed by atoms with van der Waals surface area (Å²) in [6, 6.07) is 5.06. The number of hydrogen-bond acceptors (Lipinski definition) is 3. The van der Waals surface area contributed by atoms with E-state index in [1.54, 1.807) is 18.2 Å². The highest BCUT2D eigenvalue weighted by Crippen LogP contribution is 2.25. The molecule has 0 radical (unpaired) electrons. The number of amides is 1. The molecule has 0 saturated carbocycles. The molecule has 0 unspecified atom stereocenters. The molecule has 1 aliphatic rings. The maximum atomic E-state index is 12.5. The molecule has 2 rings (SSSR count). The second kappa shape index (κ2) is 6.60. The summed E-state index contributed by atoms with van der Waals surface area (Å²) in [6.07, 6.45) is 1.44. The van der Waals surface area contributed by atoms with Gasteiger partial charge in [0.05, 0.1) is 16.1 Å². The van der Waals surface area contributed by atoms with E-state index in [0.717, 1.165) is 25.9 Å². The lowest BCUT2D eigenvalue weighted by atomic mass is 9.87. The Balaban J connectivity index is 2.21. The molecule has 1 amide bonds. The summed E-state index contributed by atoms with van der Waals surface area (Å²) in [5, 5.41) is 3.60. The number of carbonyl (C=O) groups is 1. The molecule has 1 aliphatic heterocycles. The van der Waals surface area contributed by atoms with E-state index < -0.39 is 5.54 Å². The molecular formula is C14H17BrClN3OS. The van der Waals surface area contributed by atoms with Crippen LogP contribution in [0.15, 0.2) is 22.7 Å². The van der Waals surface area contributed by atoms with Gasteiger partial charge in [-0.05, 0) is 54.0 Å². The second-order valence-corrected chi connectivity index (χ2v) is 7.06. The fraction of sp³-hybridized carbons (Fsp3) is 0.429. The van der Waals surface area contributed by atoms with Gasteiger partial charge in [0.1, 0.15) is 0 Å². The molecule has 1 heterocycles. The van der Waals surface area contributed by atoms with E-state index in [4.69, 9.17) is 29.6 Å². The first-order chi connectivity index (χ1) is 9.84. The van der Waals surface area contributed by atoms with Crippen molar-refractivity contribution in [3.63, 3.8) is 0 Å². The van der Waals surface area contributed by atoms with Gasteiger partial charge in [0, 0.05) is 22.6 Å². The van der Waals surface area contributed by atoms with Crippen molar-refractivity contribution in [2.75, 3.05) is 20.1 Å². The average molecular weight is 391 g/mol. The monoisotopic (exact) mass is 389 g/mol. The van der Waals surface area contributed by atoms with Crippen LogP contribution in [0.4, 0.5) is 0 Å². The van der Waals surface area contributed by atoms with Gasteiger partial charge in [-0.15, -0.1) is 0 Å². The van der Waals surface area contributed by atoms with Crippen molar-refractivity contribution in [3.8, 4) is 0 Å². The molecule has 1 aromatic rings. The Morgan fingerprint density at radius 3 is 2.62 bits per heavy atom. The van der Waals surface area contributed by atoms with Crippen LogP contribution in [0.1, 0.15) is 23.2 Å². The average Bonchev–Trinajstić information content (AvgIpc) is 2.41. The molecule has 4 nitrogen and oxygen atoms in total. The van der Waals surface area contributed by atoms with E-state index in [1.165, 1.54) is 0 Å². The molecule has 0 aliphatic carbocycles. The highest BCUT2D eigenvalue weighted by Gasteiger charge is 2.38. The van der Waals surface area contributed by atoms with Crippen LogP contribution in [0, 0.1) is 0 Å². The minimum Gasteiger partial charge on any atom is -0.391 e. The number of rotatable bonds is 3. The number of carbonyl (C=O) groups excluding carboxylic acids is 1. The Hall–Kier alpha value is -0.690. The third kappa shape index (κ3) is 3.74. The first kappa shape index (κ1) is 16.7. The van der Waals surface area contributed by atoms with Crippen molar-refractivity contribution in [1.29, 1.82) is 0 Å². The van der Waals surface area contributed by atoms with Gasteiger partial charge >= 0.3 is 0 Å². The van der Waals surface area contributed by atoms with Crippen molar-refractivity contribution in [1.82, 2.24) is 10.2 Å². The van der Waals surface area contributed by atoms with Crippen LogP contribution in [-0.4, -0.2) is 41.5 Å². The fourth-order valence-electron chi connectivity index (χ4n) is 2.39. The minimum atomic E-state index is -0.613. The van der Waals surface area contributed by atoms with E-state index in [1.807, 2.05) is 7.05 Å². The highest BCUT2D eigenvalue weighted by atomic mass is 79.9. The summed E-state index contributed by atoms with van der Waals surface area (Å²) in [4.78, 5) is 15.1. The van der Waals surface area contributed by atoms with Gasteiger partial charge in [0.2, 0.25) is 0 Å². The van der Waals surface area contributed by atoms with Gasteiger partial charge in [-0.2, -0.15) is 0 Å². The molecule has 1 saturated heterocycles. The molecule has 3 N–H and O–H groups in total. The zero-order valence-corrected chi connectivity index (χ0v) is 14.8. The largest absolute Gasteiger partial charge is 0.391 e. The zero-order chi connectivity index (χ0) is 15.6. The summed E-state index contributed by atoms with van der Waals surface area (Å²) in [5.41, 5.74) is 5.81. The van der Waals surface area contributed by atoms with Crippen molar-refractivity contribution in [3.05, 3.63) is 33.3 Å². The van der Waals surface area contributed by atoms with Crippen molar-refractivity contribution in [2.45, 2.75) is 18.4 Å². The fourth-order valence-corrected chi connectivity index (χ4v) is 3.51. The van der Waals surface area contributed by atoms with E-state index >= 15 is 0 Å². The van der Waals surface area contributed by atoms with Crippen molar-refractivity contribution < 1.29 is 4.79 Å². The van der Waals surface area contributed by atoms with E-state index in [-0.39, 0.29) is 5.91 Å². The first-order valence-corrected chi connectivity index (χ1v) is 8.18. The molecule has 1 fully saturated rings. The number of nitrogens with zero attached hydrogens (tertiary/aromatic N) is 1. The SMILES string of the molecule is CN1CCC(NC(=O)c2ccc(Cl)cc2Br)(C(N)=S)CC1. The lowest BCUT2D eigenvalue weighted by Crippen LogP contribution is -2.61. The summed E-state index contributed by atoms with van der Waals surface area (Å²) < 4.78 is 0.651. The Labute approximate surface area is 143 Å². The maximum Gasteiger partial charge on any atom is 0.253 e. The first-order valence-electron chi connectivity index (χ1n) is 6.60. The van der Waals surface area contributed by atoms with Gasteiger partial charge in [-0.3, -0.25) is 4.79 Å². The Bertz CT molecular complexity index is 573. The third-order valence-corrected chi connectivity index (χ3v) is 5.12. The number of piperidine rings is 1. The number of nitrogens with one attached hydrogen (secondary N) is 1. The molecule has 0 atom stereocenters. The number of nitrogens with two attached hydrogens (primary N) is 1. The maximum absolute atomic E-state index is 12.5. The summed E-state index contributed by atoms with van der Waals surface area (Å²) in [5.74, 6) is -0.198. The molecular weight excluding hydrogens is 374 g/mol. The number of benzene rings is 1. The van der Waals surface area contributed by atoms with E-state index in [0.29, 0.717) is 20.0 Å². The summed E-state index contributed by atoms with van der Waals surface area (Å²) in [7, 11) is 2.04. The lowest BCUT2D eigenvalue weighted by Gasteiger charge is -2.40. The van der Waals surface area contributed by atoms with Crippen LogP contribution >= 0.6 is 39.7 Å². The number of hydrogen-bond donors (Lipinski definition) is 2. The quantitative estimate of drug-likeness (QED) is 0.779. The zero-order valence-electron chi connectivity index (χ0n) is 11.7. The molecule has 0 aromatic heterocycles. The number of thiocarbonyl (C=S) groups is 1. The van der Waals surface area contributed by atoms with Crippen LogP contribution < -0.4 is 11.1 Å².